The number of ether oxygens (including phenoxy) is 1. The highest BCUT2D eigenvalue weighted by molar-refractivity contribution is 9.10. The van der Waals surface area contributed by atoms with E-state index in [2.05, 4.69) is 21.2 Å². The molecule has 0 bridgehead atoms. The molecular weight excluding hydrogens is 299 g/mol. The molecule has 0 radical (unpaired) electrons. The number of rotatable bonds is 6. The number of anilines is 1. The SMILES string of the molecule is N#Cc1ccc(NCCOCC2CC2)c(F)c1Br. The fourth-order valence-corrected chi connectivity index (χ4v) is 2.00. The van der Waals surface area contributed by atoms with E-state index in [9.17, 15) is 4.39 Å². The van der Waals surface area contributed by atoms with Crippen molar-refractivity contribution in [1.82, 2.24) is 0 Å². The zero-order valence-electron chi connectivity index (χ0n) is 9.88. The third kappa shape index (κ3) is 3.44. The maximum absolute atomic E-state index is 13.8. The standard InChI is InChI=1S/C13H14BrFN2O/c14-12-10(7-16)3-4-11(13(12)15)17-5-6-18-8-9-1-2-9/h3-4,9,17H,1-2,5-6,8H2. The smallest absolute Gasteiger partial charge is 0.161 e. The van der Waals surface area contributed by atoms with Crippen LogP contribution >= 0.6 is 15.9 Å². The molecule has 1 aliphatic rings. The van der Waals surface area contributed by atoms with Crippen molar-refractivity contribution in [3.63, 3.8) is 0 Å². The van der Waals surface area contributed by atoms with Gasteiger partial charge >= 0.3 is 0 Å². The molecule has 1 saturated carbocycles. The van der Waals surface area contributed by atoms with Crippen molar-refractivity contribution < 1.29 is 9.13 Å². The first kappa shape index (κ1) is 13.3. The van der Waals surface area contributed by atoms with E-state index in [1.807, 2.05) is 6.07 Å². The van der Waals surface area contributed by atoms with E-state index in [1.165, 1.54) is 12.8 Å². The van der Waals surface area contributed by atoms with Crippen molar-refractivity contribution in [2.24, 2.45) is 5.92 Å². The van der Waals surface area contributed by atoms with Crippen LogP contribution in [0, 0.1) is 23.1 Å². The second kappa shape index (κ2) is 6.17. The summed E-state index contributed by atoms with van der Waals surface area (Å²) in [6.07, 6.45) is 2.54. The number of nitrogens with zero attached hydrogens (tertiary/aromatic N) is 1. The molecule has 1 aliphatic carbocycles. The first-order valence-electron chi connectivity index (χ1n) is 5.92. The fraction of sp³-hybridized carbons (Fsp3) is 0.462. The van der Waals surface area contributed by atoms with Crippen LogP contribution in [-0.4, -0.2) is 19.8 Å². The van der Waals surface area contributed by atoms with Crippen LogP contribution in [0.3, 0.4) is 0 Å². The minimum atomic E-state index is -0.434. The van der Waals surface area contributed by atoms with Crippen LogP contribution in [0.4, 0.5) is 10.1 Å². The summed E-state index contributed by atoms with van der Waals surface area (Å²) in [7, 11) is 0. The average molecular weight is 313 g/mol. The van der Waals surface area contributed by atoms with Crippen LogP contribution in [0.15, 0.2) is 16.6 Å². The number of benzene rings is 1. The Morgan fingerprint density at radius 1 is 1.50 bits per heavy atom. The van der Waals surface area contributed by atoms with Gasteiger partial charge in [-0.05, 0) is 46.8 Å². The lowest BCUT2D eigenvalue weighted by Crippen LogP contribution is -2.11. The number of hydrogen-bond donors (Lipinski definition) is 1. The Morgan fingerprint density at radius 2 is 2.28 bits per heavy atom. The normalized spacial score (nSPS) is 14.3. The van der Waals surface area contributed by atoms with E-state index in [4.69, 9.17) is 10.00 Å². The van der Waals surface area contributed by atoms with Crippen molar-refractivity contribution in [3.05, 3.63) is 28.0 Å². The lowest BCUT2D eigenvalue weighted by Gasteiger charge is -2.09. The fourth-order valence-electron chi connectivity index (χ4n) is 1.56. The number of nitrogens with one attached hydrogen (secondary N) is 1. The summed E-state index contributed by atoms with van der Waals surface area (Å²) in [6.45, 7) is 1.93. The van der Waals surface area contributed by atoms with E-state index in [1.54, 1.807) is 12.1 Å². The lowest BCUT2D eigenvalue weighted by molar-refractivity contribution is 0.134. The van der Waals surface area contributed by atoms with Crippen molar-refractivity contribution >= 4 is 21.6 Å². The molecule has 0 atom stereocenters. The van der Waals surface area contributed by atoms with Gasteiger partial charge < -0.3 is 10.1 Å². The minimum absolute atomic E-state index is 0.203. The van der Waals surface area contributed by atoms with Gasteiger partial charge in [0.2, 0.25) is 0 Å². The van der Waals surface area contributed by atoms with Crippen LogP contribution in [0.1, 0.15) is 18.4 Å². The van der Waals surface area contributed by atoms with Crippen LogP contribution in [0.5, 0.6) is 0 Å². The summed E-state index contributed by atoms with van der Waals surface area (Å²) in [5.74, 6) is 0.307. The molecule has 18 heavy (non-hydrogen) atoms. The topological polar surface area (TPSA) is 45.0 Å². The molecule has 0 saturated heterocycles. The molecular formula is C13H14BrFN2O. The number of nitriles is 1. The molecule has 0 aliphatic heterocycles. The van der Waals surface area contributed by atoms with E-state index < -0.39 is 5.82 Å². The summed E-state index contributed by atoms with van der Waals surface area (Å²) in [5, 5.41) is 11.7. The number of halogens is 2. The molecule has 3 nitrogen and oxygen atoms in total. The first-order chi connectivity index (χ1) is 8.72. The summed E-state index contributed by atoms with van der Waals surface area (Å²) in [6, 6.07) is 5.07. The Labute approximate surface area is 114 Å². The highest BCUT2D eigenvalue weighted by atomic mass is 79.9. The quantitative estimate of drug-likeness (QED) is 0.820. The Balaban J connectivity index is 1.81. The third-order valence-corrected chi connectivity index (χ3v) is 3.59. The van der Waals surface area contributed by atoms with E-state index in [0.29, 0.717) is 24.4 Å². The largest absolute Gasteiger partial charge is 0.380 e. The third-order valence-electron chi connectivity index (χ3n) is 2.82. The molecule has 0 aromatic heterocycles. The van der Waals surface area contributed by atoms with Crippen molar-refractivity contribution in [1.29, 1.82) is 5.26 Å². The van der Waals surface area contributed by atoms with Crippen LogP contribution in [0.2, 0.25) is 0 Å². The molecule has 0 unspecified atom stereocenters. The summed E-state index contributed by atoms with van der Waals surface area (Å²) in [5.41, 5.74) is 0.680. The Morgan fingerprint density at radius 3 is 2.94 bits per heavy atom. The molecule has 1 aromatic carbocycles. The van der Waals surface area contributed by atoms with Gasteiger partial charge in [-0.1, -0.05) is 0 Å². The first-order valence-corrected chi connectivity index (χ1v) is 6.71. The van der Waals surface area contributed by atoms with Gasteiger partial charge in [-0.2, -0.15) is 5.26 Å². The second-order valence-electron chi connectivity index (χ2n) is 4.35. The van der Waals surface area contributed by atoms with E-state index >= 15 is 0 Å². The zero-order chi connectivity index (χ0) is 13.0. The highest BCUT2D eigenvalue weighted by Crippen LogP contribution is 2.29. The molecule has 0 spiro atoms. The van der Waals surface area contributed by atoms with Gasteiger partial charge in [-0.25, -0.2) is 4.39 Å². The van der Waals surface area contributed by atoms with Gasteiger partial charge in [-0.3, -0.25) is 0 Å². The summed E-state index contributed by atoms with van der Waals surface area (Å²) < 4.78 is 19.4. The molecule has 0 heterocycles. The van der Waals surface area contributed by atoms with E-state index in [0.717, 1.165) is 12.5 Å². The Hall–Kier alpha value is -1.12. The van der Waals surface area contributed by atoms with Gasteiger partial charge in [-0.15, -0.1) is 0 Å². The molecule has 2 rings (SSSR count). The van der Waals surface area contributed by atoms with Gasteiger partial charge in [0, 0.05) is 13.2 Å². The molecule has 1 aromatic rings. The monoisotopic (exact) mass is 312 g/mol. The number of hydrogen-bond acceptors (Lipinski definition) is 3. The predicted octanol–water partition coefficient (Wildman–Crippen LogP) is 3.30. The van der Waals surface area contributed by atoms with Gasteiger partial charge in [0.25, 0.3) is 0 Å². The second-order valence-corrected chi connectivity index (χ2v) is 5.14. The minimum Gasteiger partial charge on any atom is -0.380 e. The molecule has 5 heteroatoms. The maximum Gasteiger partial charge on any atom is 0.161 e. The van der Waals surface area contributed by atoms with Crippen molar-refractivity contribution in [3.8, 4) is 6.07 Å². The van der Waals surface area contributed by atoms with Gasteiger partial charge in [0.15, 0.2) is 5.82 Å². The summed E-state index contributed by atoms with van der Waals surface area (Å²) in [4.78, 5) is 0. The molecule has 1 fully saturated rings. The van der Waals surface area contributed by atoms with Crippen LogP contribution in [-0.2, 0) is 4.74 Å². The predicted molar refractivity (Wildman–Crippen MR) is 70.8 cm³/mol. The lowest BCUT2D eigenvalue weighted by atomic mass is 10.2. The maximum atomic E-state index is 13.8. The summed E-state index contributed by atoms with van der Waals surface area (Å²) >= 11 is 3.07. The molecule has 96 valence electrons. The van der Waals surface area contributed by atoms with Gasteiger partial charge in [0.05, 0.1) is 22.3 Å². The van der Waals surface area contributed by atoms with Crippen molar-refractivity contribution in [2.75, 3.05) is 25.1 Å². The highest BCUT2D eigenvalue weighted by Gasteiger charge is 2.20. The zero-order valence-corrected chi connectivity index (χ0v) is 11.5. The van der Waals surface area contributed by atoms with Gasteiger partial charge in [0.1, 0.15) is 6.07 Å². The molecule has 1 N–H and O–H groups in total. The van der Waals surface area contributed by atoms with Crippen LogP contribution in [0.25, 0.3) is 0 Å². The molecule has 0 amide bonds. The Kier molecular flexibility index (Phi) is 4.56. The van der Waals surface area contributed by atoms with Crippen LogP contribution < -0.4 is 5.32 Å². The van der Waals surface area contributed by atoms with Crippen molar-refractivity contribution in [2.45, 2.75) is 12.8 Å². The Bertz CT molecular complexity index is 469. The average Bonchev–Trinajstić information content (AvgIpc) is 3.18. The van der Waals surface area contributed by atoms with E-state index in [-0.39, 0.29) is 4.47 Å².